The molecule has 0 aliphatic carbocycles. The fourth-order valence-corrected chi connectivity index (χ4v) is 3.60. The van der Waals surface area contributed by atoms with E-state index in [1.807, 2.05) is 24.4 Å². The summed E-state index contributed by atoms with van der Waals surface area (Å²) >= 11 is 0. The summed E-state index contributed by atoms with van der Waals surface area (Å²) in [5.74, 6) is 0.924. The minimum Gasteiger partial charge on any atom is -0.381 e. The lowest BCUT2D eigenvalue weighted by Crippen LogP contribution is -2.51. The summed E-state index contributed by atoms with van der Waals surface area (Å²) in [6.45, 7) is 7.10. The molecule has 0 spiro atoms. The average Bonchev–Trinajstić information content (AvgIpc) is 3.12. The molecule has 0 radical (unpaired) electrons. The molecule has 0 aromatic carbocycles. The van der Waals surface area contributed by atoms with Crippen LogP contribution < -0.4 is 0 Å². The molecule has 2 aliphatic rings. The Morgan fingerprint density at radius 2 is 1.96 bits per heavy atom. The maximum absolute atomic E-state index is 5.52. The van der Waals surface area contributed by atoms with E-state index in [2.05, 4.69) is 19.9 Å². The number of hydrogen-bond donors (Lipinski definition) is 0. The van der Waals surface area contributed by atoms with Gasteiger partial charge in [0.05, 0.1) is 6.54 Å². The van der Waals surface area contributed by atoms with Gasteiger partial charge in [-0.15, -0.1) is 0 Å². The monoisotopic (exact) mass is 328 g/mol. The lowest BCUT2D eigenvalue weighted by atomic mass is 10.1. The highest BCUT2D eigenvalue weighted by Crippen LogP contribution is 2.20. The van der Waals surface area contributed by atoms with Gasteiger partial charge in [-0.25, -0.2) is 0 Å². The van der Waals surface area contributed by atoms with Crippen molar-refractivity contribution in [2.45, 2.75) is 25.4 Å². The van der Waals surface area contributed by atoms with Gasteiger partial charge in [-0.3, -0.25) is 14.8 Å². The third-order valence-corrected chi connectivity index (χ3v) is 5.01. The Kier molecular flexibility index (Phi) is 4.87. The van der Waals surface area contributed by atoms with Crippen molar-refractivity contribution in [2.75, 3.05) is 39.4 Å². The zero-order valence-corrected chi connectivity index (χ0v) is 13.9. The first-order valence-electron chi connectivity index (χ1n) is 8.78. The molecule has 6 heteroatoms. The van der Waals surface area contributed by atoms with E-state index in [4.69, 9.17) is 9.26 Å². The summed E-state index contributed by atoms with van der Waals surface area (Å²) in [5.41, 5.74) is 1.86. The summed E-state index contributed by atoms with van der Waals surface area (Å²) in [6.07, 6.45) is 5.93. The SMILES string of the molecule is c1cncc(-c2cc(CN3CCN(C4CCOCC4)CC3)on2)c1. The minimum absolute atomic E-state index is 0.711. The van der Waals surface area contributed by atoms with Crippen molar-refractivity contribution in [2.24, 2.45) is 0 Å². The molecule has 6 nitrogen and oxygen atoms in total. The Morgan fingerprint density at radius 3 is 2.71 bits per heavy atom. The van der Waals surface area contributed by atoms with Gasteiger partial charge in [0.15, 0.2) is 5.76 Å². The molecule has 0 saturated carbocycles. The molecule has 24 heavy (non-hydrogen) atoms. The van der Waals surface area contributed by atoms with Crippen LogP contribution in [0, 0.1) is 0 Å². The summed E-state index contributed by atoms with van der Waals surface area (Å²) in [6, 6.07) is 6.66. The number of hydrogen-bond acceptors (Lipinski definition) is 6. The summed E-state index contributed by atoms with van der Waals surface area (Å²) < 4.78 is 11.0. The summed E-state index contributed by atoms with van der Waals surface area (Å²) in [7, 11) is 0. The molecule has 4 heterocycles. The molecule has 128 valence electrons. The van der Waals surface area contributed by atoms with Crippen molar-refractivity contribution >= 4 is 0 Å². The van der Waals surface area contributed by atoms with Gasteiger partial charge in [0.25, 0.3) is 0 Å². The van der Waals surface area contributed by atoms with Crippen LogP contribution in [0.2, 0.25) is 0 Å². The molecule has 2 saturated heterocycles. The van der Waals surface area contributed by atoms with Crippen molar-refractivity contribution in [1.29, 1.82) is 0 Å². The first kappa shape index (κ1) is 15.7. The van der Waals surface area contributed by atoms with Crippen LogP contribution in [0.15, 0.2) is 35.1 Å². The summed E-state index contributed by atoms with van der Waals surface area (Å²) in [5, 5.41) is 4.17. The molecule has 0 amide bonds. The standard InChI is InChI=1S/C18H24N4O2/c1-2-15(13-19-5-1)18-12-17(24-20-18)14-21-6-8-22(9-7-21)16-3-10-23-11-4-16/h1-2,5,12-13,16H,3-4,6-11,14H2. The normalized spacial score (nSPS) is 21.2. The third-order valence-electron chi connectivity index (χ3n) is 5.01. The molecule has 2 aromatic heterocycles. The molecular formula is C18H24N4O2. The zero-order chi connectivity index (χ0) is 16.2. The second-order valence-electron chi connectivity index (χ2n) is 6.58. The van der Waals surface area contributed by atoms with Gasteiger partial charge in [0.2, 0.25) is 0 Å². The largest absolute Gasteiger partial charge is 0.381 e. The maximum Gasteiger partial charge on any atom is 0.151 e. The molecule has 0 bridgehead atoms. The molecule has 2 aromatic rings. The Balaban J connectivity index is 1.30. The van der Waals surface area contributed by atoms with Gasteiger partial charge in [-0.2, -0.15) is 0 Å². The second-order valence-corrected chi connectivity index (χ2v) is 6.58. The second kappa shape index (κ2) is 7.42. The van der Waals surface area contributed by atoms with Crippen molar-refractivity contribution < 1.29 is 9.26 Å². The van der Waals surface area contributed by atoms with Crippen LogP contribution in [0.4, 0.5) is 0 Å². The van der Waals surface area contributed by atoms with Gasteiger partial charge in [-0.1, -0.05) is 5.16 Å². The Bertz CT molecular complexity index is 631. The zero-order valence-electron chi connectivity index (χ0n) is 13.9. The predicted molar refractivity (Wildman–Crippen MR) is 90.4 cm³/mol. The molecule has 0 unspecified atom stereocenters. The van der Waals surface area contributed by atoms with E-state index in [0.717, 1.165) is 63.0 Å². The highest BCUT2D eigenvalue weighted by atomic mass is 16.5. The van der Waals surface area contributed by atoms with Crippen LogP contribution in [0.25, 0.3) is 11.3 Å². The van der Waals surface area contributed by atoms with Gasteiger partial charge >= 0.3 is 0 Å². The van der Waals surface area contributed by atoms with Crippen LogP contribution in [0.5, 0.6) is 0 Å². The maximum atomic E-state index is 5.52. The van der Waals surface area contributed by atoms with Crippen molar-refractivity contribution in [3.63, 3.8) is 0 Å². The molecule has 0 N–H and O–H groups in total. The van der Waals surface area contributed by atoms with E-state index in [1.165, 1.54) is 12.8 Å². The van der Waals surface area contributed by atoms with Crippen molar-refractivity contribution in [1.82, 2.24) is 19.9 Å². The van der Waals surface area contributed by atoms with Crippen LogP contribution in [-0.4, -0.2) is 65.4 Å². The van der Waals surface area contributed by atoms with E-state index in [0.29, 0.717) is 6.04 Å². The number of aromatic nitrogens is 2. The van der Waals surface area contributed by atoms with Crippen molar-refractivity contribution in [3.8, 4) is 11.3 Å². The fourth-order valence-electron chi connectivity index (χ4n) is 3.60. The molecule has 2 fully saturated rings. The van der Waals surface area contributed by atoms with E-state index in [9.17, 15) is 0 Å². The van der Waals surface area contributed by atoms with E-state index in [1.54, 1.807) is 6.20 Å². The highest BCUT2D eigenvalue weighted by molar-refractivity contribution is 5.57. The van der Waals surface area contributed by atoms with Crippen LogP contribution >= 0.6 is 0 Å². The number of nitrogens with zero attached hydrogens (tertiary/aromatic N) is 4. The molecule has 0 atom stereocenters. The van der Waals surface area contributed by atoms with E-state index < -0.39 is 0 Å². The number of rotatable bonds is 4. The Morgan fingerprint density at radius 1 is 1.12 bits per heavy atom. The molecular weight excluding hydrogens is 304 g/mol. The smallest absolute Gasteiger partial charge is 0.151 e. The van der Waals surface area contributed by atoms with Crippen LogP contribution in [0.3, 0.4) is 0 Å². The summed E-state index contributed by atoms with van der Waals surface area (Å²) in [4.78, 5) is 9.21. The van der Waals surface area contributed by atoms with E-state index >= 15 is 0 Å². The lowest BCUT2D eigenvalue weighted by molar-refractivity contribution is 0.0115. The number of piperazine rings is 1. The van der Waals surface area contributed by atoms with Crippen molar-refractivity contribution in [3.05, 3.63) is 36.4 Å². The van der Waals surface area contributed by atoms with Gasteiger partial charge in [0.1, 0.15) is 5.69 Å². The van der Waals surface area contributed by atoms with Crippen LogP contribution in [0.1, 0.15) is 18.6 Å². The lowest BCUT2D eigenvalue weighted by Gasteiger charge is -2.40. The van der Waals surface area contributed by atoms with Gasteiger partial charge in [0, 0.05) is 69.5 Å². The van der Waals surface area contributed by atoms with Gasteiger partial charge in [-0.05, 0) is 25.0 Å². The minimum atomic E-state index is 0.711. The first-order chi connectivity index (χ1) is 11.9. The Hall–Kier alpha value is -1.76. The molecule has 2 aliphatic heterocycles. The fraction of sp³-hybridized carbons (Fsp3) is 0.556. The number of pyridine rings is 1. The first-order valence-corrected chi connectivity index (χ1v) is 8.78. The Labute approximate surface area is 142 Å². The highest BCUT2D eigenvalue weighted by Gasteiger charge is 2.25. The quantitative estimate of drug-likeness (QED) is 0.856. The molecule has 4 rings (SSSR count). The number of ether oxygens (including phenoxy) is 1. The average molecular weight is 328 g/mol. The van der Waals surface area contributed by atoms with Crippen LogP contribution in [-0.2, 0) is 11.3 Å². The predicted octanol–water partition coefficient (Wildman–Crippen LogP) is 2.03. The topological polar surface area (TPSA) is 54.6 Å². The van der Waals surface area contributed by atoms with E-state index in [-0.39, 0.29) is 0 Å². The van der Waals surface area contributed by atoms with Gasteiger partial charge < -0.3 is 9.26 Å². The third kappa shape index (κ3) is 3.66.